The zero-order chi connectivity index (χ0) is 25.9. The molecule has 0 spiro atoms. The summed E-state index contributed by atoms with van der Waals surface area (Å²) in [7, 11) is 0. The summed E-state index contributed by atoms with van der Waals surface area (Å²) in [6.45, 7) is 3.29. The van der Waals surface area contributed by atoms with Crippen LogP contribution in [0.3, 0.4) is 0 Å². The number of aryl methyl sites for hydroxylation is 2. The Hall–Kier alpha value is -3.80. The summed E-state index contributed by atoms with van der Waals surface area (Å²) in [6, 6.07) is 19.7. The van der Waals surface area contributed by atoms with Crippen LogP contribution in [0.1, 0.15) is 71.4 Å². The van der Waals surface area contributed by atoms with Gasteiger partial charge in [-0.2, -0.15) is 0 Å². The minimum absolute atomic E-state index is 0.0718. The lowest BCUT2D eigenvalue weighted by Gasteiger charge is -2.10. The van der Waals surface area contributed by atoms with Crippen molar-refractivity contribution in [3.05, 3.63) is 94.8 Å². The Bertz CT molecular complexity index is 1210. The Morgan fingerprint density at radius 1 is 0.806 bits per heavy atom. The van der Waals surface area contributed by atoms with Crippen molar-refractivity contribution < 1.29 is 23.5 Å². The normalized spacial score (nSPS) is 10.6. The fraction of sp³-hybridized carbons (Fsp3) is 0.300. The number of Topliss-reactive ketones (excluding diaryl/α,β-unsaturated/α-hetero) is 2. The molecule has 3 aromatic rings. The van der Waals surface area contributed by atoms with E-state index in [2.05, 4.69) is 17.4 Å². The topological polar surface area (TPSA) is 72.5 Å². The first-order valence-electron chi connectivity index (χ1n) is 12.2. The molecule has 1 amide bonds. The summed E-state index contributed by atoms with van der Waals surface area (Å²) >= 11 is 0. The van der Waals surface area contributed by atoms with Gasteiger partial charge in [0.15, 0.2) is 11.6 Å². The second-order valence-corrected chi connectivity index (χ2v) is 8.82. The molecule has 0 aliphatic heterocycles. The quantitative estimate of drug-likeness (QED) is 0.217. The molecule has 0 aliphatic rings. The van der Waals surface area contributed by atoms with Crippen LogP contribution in [0.25, 0.3) is 0 Å². The van der Waals surface area contributed by atoms with E-state index in [1.54, 1.807) is 18.2 Å². The van der Waals surface area contributed by atoms with Gasteiger partial charge in [-0.3, -0.25) is 14.4 Å². The maximum absolute atomic E-state index is 14.5. The van der Waals surface area contributed by atoms with Gasteiger partial charge in [0.05, 0.1) is 6.61 Å². The molecule has 0 heterocycles. The first kappa shape index (κ1) is 26.8. The number of benzene rings is 3. The minimum Gasteiger partial charge on any atom is -0.493 e. The summed E-state index contributed by atoms with van der Waals surface area (Å²) in [6.07, 6.45) is 4.36. The van der Waals surface area contributed by atoms with Gasteiger partial charge in [-0.1, -0.05) is 36.4 Å². The number of nitrogens with one attached hydrogen (secondary N) is 1. The molecule has 1 N–H and O–H groups in total. The van der Waals surface area contributed by atoms with Crippen molar-refractivity contribution in [1.29, 1.82) is 0 Å². The number of rotatable bonds is 13. The lowest BCUT2D eigenvalue weighted by molar-refractivity contribution is -0.116. The highest BCUT2D eigenvalue weighted by atomic mass is 19.1. The monoisotopic (exact) mass is 489 g/mol. The van der Waals surface area contributed by atoms with Crippen molar-refractivity contribution >= 4 is 23.2 Å². The van der Waals surface area contributed by atoms with E-state index in [9.17, 15) is 18.8 Å². The van der Waals surface area contributed by atoms with Gasteiger partial charge in [-0.15, -0.1) is 0 Å². The number of hydrogen-bond acceptors (Lipinski definition) is 4. The van der Waals surface area contributed by atoms with Crippen LogP contribution in [0.4, 0.5) is 10.1 Å². The standard InChI is InChI=1S/C30H32FNO4/c1-21(33)27-16-14-25(19-28(27)22(2)34)32-30(35)17-13-24-12-15-26(20-29(24)31)36-18-8-4-7-11-23-9-5-3-6-10-23/h3,5-6,9-10,12,14-16,19-20H,4,7-8,11,13,17-18H2,1-2H3,(H,32,35). The number of carbonyl (C=O) groups is 3. The number of halogens is 1. The molecule has 0 saturated heterocycles. The third-order valence-corrected chi connectivity index (χ3v) is 5.93. The molecular weight excluding hydrogens is 457 g/mol. The summed E-state index contributed by atoms with van der Waals surface area (Å²) in [4.78, 5) is 35.9. The summed E-state index contributed by atoms with van der Waals surface area (Å²) in [5.74, 6) is -0.715. The second kappa shape index (κ2) is 13.3. The highest BCUT2D eigenvalue weighted by molar-refractivity contribution is 6.08. The third-order valence-electron chi connectivity index (χ3n) is 5.93. The van der Waals surface area contributed by atoms with Crippen LogP contribution in [0.2, 0.25) is 0 Å². The highest BCUT2D eigenvalue weighted by Crippen LogP contribution is 2.20. The third kappa shape index (κ3) is 8.15. The number of unbranched alkanes of at least 4 members (excludes halogenated alkanes) is 2. The molecule has 0 bridgehead atoms. The summed E-state index contributed by atoms with van der Waals surface area (Å²) in [5.41, 5.74) is 2.76. The number of ether oxygens (including phenoxy) is 1. The molecule has 0 aliphatic carbocycles. The van der Waals surface area contributed by atoms with E-state index in [4.69, 9.17) is 4.74 Å². The molecule has 0 saturated carbocycles. The van der Waals surface area contributed by atoms with Gasteiger partial charge in [0.25, 0.3) is 0 Å². The largest absolute Gasteiger partial charge is 0.493 e. The molecule has 6 heteroatoms. The fourth-order valence-electron chi connectivity index (χ4n) is 3.96. The summed E-state index contributed by atoms with van der Waals surface area (Å²) in [5, 5.41) is 2.71. The Balaban J connectivity index is 1.42. The molecule has 0 atom stereocenters. The molecular formula is C30H32FNO4. The van der Waals surface area contributed by atoms with E-state index in [-0.39, 0.29) is 35.9 Å². The lowest BCUT2D eigenvalue weighted by atomic mass is 10.0. The highest BCUT2D eigenvalue weighted by Gasteiger charge is 2.14. The molecule has 0 aromatic heterocycles. The van der Waals surface area contributed by atoms with Crippen molar-refractivity contribution in [3.8, 4) is 5.75 Å². The molecule has 0 fully saturated rings. The smallest absolute Gasteiger partial charge is 0.224 e. The van der Waals surface area contributed by atoms with Gasteiger partial charge >= 0.3 is 0 Å². The van der Waals surface area contributed by atoms with Crippen LogP contribution in [0.15, 0.2) is 66.7 Å². The fourth-order valence-corrected chi connectivity index (χ4v) is 3.96. The van der Waals surface area contributed by atoms with Crippen molar-refractivity contribution in [2.75, 3.05) is 11.9 Å². The predicted octanol–water partition coefficient (Wildman–Crippen LogP) is 6.59. The molecule has 188 valence electrons. The number of amides is 1. The molecule has 3 aromatic carbocycles. The van der Waals surface area contributed by atoms with E-state index in [0.717, 1.165) is 25.7 Å². The number of anilines is 1. The van der Waals surface area contributed by atoms with Crippen LogP contribution in [-0.4, -0.2) is 24.1 Å². The van der Waals surface area contributed by atoms with Crippen molar-refractivity contribution in [3.63, 3.8) is 0 Å². The first-order chi connectivity index (χ1) is 17.3. The molecule has 36 heavy (non-hydrogen) atoms. The van der Waals surface area contributed by atoms with Crippen LogP contribution in [0, 0.1) is 5.82 Å². The van der Waals surface area contributed by atoms with Gasteiger partial charge in [-0.05, 0) is 81.3 Å². The van der Waals surface area contributed by atoms with E-state index in [1.165, 1.54) is 37.6 Å². The van der Waals surface area contributed by atoms with Gasteiger partial charge < -0.3 is 10.1 Å². The number of hydrogen-bond donors (Lipinski definition) is 1. The lowest BCUT2D eigenvalue weighted by Crippen LogP contribution is -2.14. The molecule has 5 nitrogen and oxygen atoms in total. The SMILES string of the molecule is CC(=O)c1ccc(NC(=O)CCc2ccc(OCCCCCc3ccccc3)cc2F)cc1C(C)=O. The van der Waals surface area contributed by atoms with Crippen LogP contribution in [0.5, 0.6) is 5.75 Å². The summed E-state index contributed by atoms with van der Waals surface area (Å²) < 4.78 is 20.2. The Kier molecular flexibility index (Phi) is 9.92. The molecule has 3 rings (SSSR count). The van der Waals surface area contributed by atoms with Gasteiger partial charge in [0.1, 0.15) is 11.6 Å². The maximum Gasteiger partial charge on any atom is 0.224 e. The van der Waals surface area contributed by atoms with E-state index < -0.39 is 5.82 Å². The Morgan fingerprint density at radius 3 is 2.25 bits per heavy atom. The van der Waals surface area contributed by atoms with Crippen molar-refractivity contribution in [1.82, 2.24) is 0 Å². The van der Waals surface area contributed by atoms with Crippen molar-refractivity contribution in [2.45, 2.75) is 52.4 Å². The average Bonchev–Trinajstić information content (AvgIpc) is 2.86. The van der Waals surface area contributed by atoms with Gasteiger partial charge in [-0.25, -0.2) is 4.39 Å². The van der Waals surface area contributed by atoms with E-state index >= 15 is 0 Å². The zero-order valence-corrected chi connectivity index (χ0v) is 20.8. The van der Waals surface area contributed by atoms with Crippen LogP contribution in [-0.2, 0) is 17.6 Å². The molecule has 0 unspecified atom stereocenters. The van der Waals surface area contributed by atoms with Gasteiger partial charge in [0, 0.05) is 29.3 Å². The van der Waals surface area contributed by atoms with E-state index in [1.807, 2.05) is 18.2 Å². The van der Waals surface area contributed by atoms with Gasteiger partial charge in [0.2, 0.25) is 5.91 Å². The maximum atomic E-state index is 14.5. The Morgan fingerprint density at radius 2 is 1.56 bits per heavy atom. The minimum atomic E-state index is -0.408. The van der Waals surface area contributed by atoms with Crippen molar-refractivity contribution in [2.24, 2.45) is 0 Å². The van der Waals surface area contributed by atoms with Crippen LogP contribution < -0.4 is 10.1 Å². The zero-order valence-electron chi connectivity index (χ0n) is 20.8. The average molecular weight is 490 g/mol. The van der Waals surface area contributed by atoms with E-state index in [0.29, 0.717) is 29.2 Å². The number of carbonyl (C=O) groups excluding carboxylic acids is 3. The number of ketones is 2. The van der Waals surface area contributed by atoms with Crippen LogP contribution >= 0.6 is 0 Å². The second-order valence-electron chi connectivity index (χ2n) is 8.82. The first-order valence-corrected chi connectivity index (χ1v) is 12.2. The Labute approximate surface area is 211 Å². The molecule has 0 radical (unpaired) electrons. The predicted molar refractivity (Wildman–Crippen MR) is 139 cm³/mol.